The number of carbonyl (C=O) groups excluding carboxylic acids is 2. The molecule has 0 aromatic rings. The van der Waals surface area contributed by atoms with Crippen molar-refractivity contribution < 1.29 is 14.3 Å². The Morgan fingerprint density at radius 1 is 1.16 bits per heavy atom. The SMILES string of the molecule is C=C(CCC(C)C1CCC2C3=C(C(=O)CC21C)C1(C)CCC(=O)C(C)C1CC3)C(C)OC. The van der Waals surface area contributed by atoms with Gasteiger partial charge >= 0.3 is 0 Å². The highest BCUT2D eigenvalue weighted by molar-refractivity contribution is 6.00. The van der Waals surface area contributed by atoms with Crippen LogP contribution in [0.1, 0.15) is 92.4 Å². The predicted octanol–water partition coefficient (Wildman–Crippen LogP) is 6.71. The molecule has 4 rings (SSSR count). The molecule has 0 saturated heterocycles. The number of rotatable bonds is 6. The van der Waals surface area contributed by atoms with Crippen LogP contribution in [0.15, 0.2) is 23.3 Å². The van der Waals surface area contributed by atoms with E-state index in [0.29, 0.717) is 48.1 Å². The number of carbonyl (C=O) groups is 2. The van der Waals surface area contributed by atoms with E-state index in [4.69, 9.17) is 4.74 Å². The molecule has 0 heterocycles. The largest absolute Gasteiger partial charge is 0.377 e. The molecule has 8 atom stereocenters. The molecule has 4 aliphatic rings. The van der Waals surface area contributed by atoms with Crippen molar-refractivity contribution in [3.05, 3.63) is 23.3 Å². The minimum absolute atomic E-state index is 0.0861. The maximum absolute atomic E-state index is 13.8. The van der Waals surface area contributed by atoms with Crippen molar-refractivity contribution in [3.8, 4) is 0 Å². The first-order valence-corrected chi connectivity index (χ1v) is 13.0. The summed E-state index contributed by atoms with van der Waals surface area (Å²) in [5, 5.41) is 0. The number of hydrogen-bond acceptors (Lipinski definition) is 3. The molecule has 0 aliphatic heterocycles. The average Bonchev–Trinajstić information content (AvgIpc) is 3.10. The smallest absolute Gasteiger partial charge is 0.159 e. The van der Waals surface area contributed by atoms with Crippen molar-refractivity contribution in [2.24, 2.45) is 40.4 Å². The molecular weight excluding hydrogens is 396 g/mol. The molecule has 0 amide bonds. The minimum Gasteiger partial charge on any atom is -0.377 e. The molecule has 0 radical (unpaired) electrons. The van der Waals surface area contributed by atoms with Crippen LogP contribution in [-0.2, 0) is 14.3 Å². The quantitative estimate of drug-likeness (QED) is 0.431. The molecule has 8 unspecified atom stereocenters. The summed E-state index contributed by atoms with van der Waals surface area (Å²) in [6, 6.07) is 0. The number of Topliss-reactive ketones (excluding diaryl/α,β-unsaturated/α-hetero) is 2. The summed E-state index contributed by atoms with van der Waals surface area (Å²) >= 11 is 0. The van der Waals surface area contributed by atoms with Crippen LogP contribution in [0.2, 0.25) is 0 Å². The standard InChI is InChI=1S/C29H44O3/c1-17(20(4)32-7)8-9-18(2)22-12-13-24-21-10-11-23-19(3)25(30)14-15-28(23,5)27(21)26(31)16-29(22,24)6/h18-20,22-24H,1,8-16H2,2-7H3. The molecule has 2 saturated carbocycles. The van der Waals surface area contributed by atoms with Crippen molar-refractivity contribution in [3.63, 3.8) is 0 Å². The Bertz CT molecular complexity index is 837. The Morgan fingerprint density at radius 2 is 1.88 bits per heavy atom. The van der Waals surface area contributed by atoms with Crippen LogP contribution in [0.4, 0.5) is 0 Å². The molecule has 0 aromatic heterocycles. The molecule has 0 N–H and O–H groups in total. The van der Waals surface area contributed by atoms with E-state index in [0.717, 1.165) is 32.1 Å². The van der Waals surface area contributed by atoms with Gasteiger partial charge in [-0.25, -0.2) is 0 Å². The number of allylic oxidation sites excluding steroid dienone is 2. The van der Waals surface area contributed by atoms with Crippen molar-refractivity contribution in [1.29, 1.82) is 0 Å². The van der Waals surface area contributed by atoms with E-state index in [9.17, 15) is 9.59 Å². The van der Waals surface area contributed by atoms with Crippen LogP contribution in [0, 0.1) is 40.4 Å². The summed E-state index contributed by atoms with van der Waals surface area (Å²) in [5.41, 5.74) is 3.85. The van der Waals surface area contributed by atoms with Crippen molar-refractivity contribution in [1.82, 2.24) is 0 Å². The Morgan fingerprint density at radius 3 is 2.56 bits per heavy atom. The average molecular weight is 441 g/mol. The van der Waals surface area contributed by atoms with Gasteiger partial charge < -0.3 is 4.74 Å². The van der Waals surface area contributed by atoms with Gasteiger partial charge in [0.05, 0.1) is 6.10 Å². The molecule has 2 fully saturated rings. The summed E-state index contributed by atoms with van der Waals surface area (Å²) < 4.78 is 5.44. The van der Waals surface area contributed by atoms with Crippen molar-refractivity contribution in [2.45, 2.75) is 98.5 Å². The van der Waals surface area contributed by atoms with Gasteiger partial charge in [0.25, 0.3) is 0 Å². The molecule has 0 bridgehead atoms. The molecule has 32 heavy (non-hydrogen) atoms. The fourth-order valence-electron chi connectivity index (χ4n) is 8.54. The van der Waals surface area contributed by atoms with Crippen LogP contribution in [0.5, 0.6) is 0 Å². The molecule has 0 aromatic carbocycles. The lowest BCUT2D eigenvalue weighted by atomic mass is 9.48. The first kappa shape index (κ1) is 23.9. The van der Waals surface area contributed by atoms with Crippen LogP contribution in [-0.4, -0.2) is 24.8 Å². The van der Waals surface area contributed by atoms with E-state index < -0.39 is 0 Å². The number of methoxy groups -OCH3 is 1. The Kier molecular flexibility index (Phi) is 6.38. The summed E-state index contributed by atoms with van der Waals surface area (Å²) in [7, 11) is 1.75. The van der Waals surface area contributed by atoms with E-state index in [1.807, 2.05) is 0 Å². The Labute approximate surface area is 195 Å². The van der Waals surface area contributed by atoms with E-state index in [-0.39, 0.29) is 22.9 Å². The van der Waals surface area contributed by atoms with Crippen molar-refractivity contribution in [2.75, 3.05) is 7.11 Å². The summed E-state index contributed by atoms with van der Waals surface area (Å²) in [6.45, 7) is 15.5. The minimum atomic E-state index is -0.0863. The molecule has 3 heteroatoms. The summed E-state index contributed by atoms with van der Waals surface area (Å²) in [6.07, 6.45) is 9.01. The van der Waals surface area contributed by atoms with Crippen LogP contribution in [0.3, 0.4) is 0 Å². The van der Waals surface area contributed by atoms with Crippen molar-refractivity contribution >= 4 is 11.6 Å². The third kappa shape index (κ3) is 3.58. The molecule has 178 valence electrons. The lowest BCUT2D eigenvalue weighted by Crippen LogP contribution is -2.50. The van der Waals surface area contributed by atoms with Crippen LogP contribution in [0.25, 0.3) is 0 Å². The van der Waals surface area contributed by atoms with Gasteiger partial charge in [0.15, 0.2) is 5.78 Å². The number of ether oxygens (including phenoxy) is 1. The van der Waals surface area contributed by atoms with Gasteiger partial charge in [0.2, 0.25) is 0 Å². The van der Waals surface area contributed by atoms with Gasteiger partial charge in [0.1, 0.15) is 5.78 Å². The normalized spacial score (nSPS) is 41.1. The number of ketones is 2. The zero-order valence-electron chi connectivity index (χ0n) is 21.3. The van der Waals surface area contributed by atoms with Gasteiger partial charge in [-0.05, 0) is 91.9 Å². The first-order chi connectivity index (χ1) is 15.0. The predicted molar refractivity (Wildman–Crippen MR) is 129 cm³/mol. The highest BCUT2D eigenvalue weighted by Crippen LogP contribution is 2.65. The Balaban J connectivity index is 1.58. The highest BCUT2D eigenvalue weighted by Gasteiger charge is 2.59. The maximum Gasteiger partial charge on any atom is 0.159 e. The summed E-state index contributed by atoms with van der Waals surface area (Å²) in [4.78, 5) is 26.3. The molecular formula is C29H44O3. The Hall–Kier alpha value is -1.22. The van der Waals surface area contributed by atoms with Gasteiger partial charge in [0, 0.05) is 31.4 Å². The van der Waals surface area contributed by atoms with Gasteiger partial charge in [-0.15, -0.1) is 0 Å². The fraction of sp³-hybridized carbons (Fsp3) is 0.793. The van der Waals surface area contributed by atoms with E-state index in [1.165, 1.54) is 29.6 Å². The molecule has 0 spiro atoms. The monoisotopic (exact) mass is 440 g/mol. The fourth-order valence-corrected chi connectivity index (χ4v) is 8.54. The zero-order valence-corrected chi connectivity index (χ0v) is 21.3. The molecule has 4 aliphatic carbocycles. The van der Waals surface area contributed by atoms with Gasteiger partial charge in [-0.3, -0.25) is 9.59 Å². The third-order valence-corrected chi connectivity index (χ3v) is 10.6. The summed E-state index contributed by atoms with van der Waals surface area (Å²) in [5.74, 6) is 2.99. The second kappa shape index (κ2) is 8.53. The van der Waals surface area contributed by atoms with Crippen LogP contribution >= 0.6 is 0 Å². The second-order valence-corrected chi connectivity index (χ2v) is 12.1. The van der Waals surface area contributed by atoms with E-state index >= 15 is 0 Å². The van der Waals surface area contributed by atoms with Gasteiger partial charge in [-0.1, -0.05) is 39.8 Å². The van der Waals surface area contributed by atoms with E-state index in [2.05, 4.69) is 41.2 Å². The highest BCUT2D eigenvalue weighted by atomic mass is 16.5. The third-order valence-electron chi connectivity index (χ3n) is 10.6. The maximum atomic E-state index is 13.8. The second-order valence-electron chi connectivity index (χ2n) is 12.1. The zero-order chi connectivity index (χ0) is 23.4. The molecule has 3 nitrogen and oxygen atoms in total. The number of fused-ring (bicyclic) bond motifs is 4. The topological polar surface area (TPSA) is 43.4 Å². The lowest BCUT2D eigenvalue weighted by molar-refractivity contribution is -0.133. The van der Waals surface area contributed by atoms with E-state index in [1.54, 1.807) is 7.11 Å². The first-order valence-electron chi connectivity index (χ1n) is 13.0. The lowest BCUT2D eigenvalue weighted by Gasteiger charge is -2.54. The number of hydrogen-bond donors (Lipinski definition) is 0. The van der Waals surface area contributed by atoms with Gasteiger partial charge in [-0.2, -0.15) is 0 Å². The van der Waals surface area contributed by atoms with Crippen LogP contribution < -0.4 is 0 Å².